The van der Waals surface area contributed by atoms with E-state index in [4.69, 9.17) is 10.00 Å². The van der Waals surface area contributed by atoms with Crippen LogP contribution in [0.1, 0.15) is 19.4 Å². The van der Waals surface area contributed by atoms with Gasteiger partial charge in [0.25, 0.3) is 0 Å². The Balaban J connectivity index is 2.85. The Morgan fingerprint density at radius 3 is 2.72 bits per heavy atom. The number of ether oxygens (including phenoxy) is 1. The van der Waals surface area contributed by atoms with Crippen molar-refractivity contribution in [2.24, 2.45) is 5.41 Å². The van der Waals surface area contributed by atoms with Gasteiger partial charge >= 0.3 is 5.97 Å². The number of nitrogens with zero attached hydrogens (tertiary/aromatic N) is 2. The molecule has 0 N–H and O–H groups in total. The summed E-state index contributed by atoms with van der Waals surface area (Å²) in [5.41, 5.74) is 0.924. The molecule has 1 aromatic carbocycles. The Morgan fingerprint density at radius 1 is 1.50 bits per heavy atom. The van der Waals surface area contributed by atoms with Crippen LogP contribution in [0.25, 0.3) is 0 Å². The molecular formula is C14H18N2O2. The van der Waals surface area contributed by atoms with Crippen LogP contribution in [0.5, 0.6) is 0 Å². The Labute approximate surface area is 108 Å². The largest absolute Gasteiger partial charge is 0.469 e. The molecule has 1 rings (SSSR count). The van der Waals surface area contributed by atoms with Crippen LogP contribution in [0.15, 0.2) is 24.3 Å². The molecule has 0 aliphatic carbocycles. The van der Waals surface area contributed by atoms with Crippen LogP contribution in [0, 0.1) is 16.7 Å². The van der Waals surface area contributed by atoms with E-state index < -0.39 is 5.41 Å². The number of anilines is 1. The number of esters is 1. The maximum Gasteiger partial charge on any atom is 0.313 e. The van der Waals surface area contributed by atoms with E-state index in [2.05, 4.69) is 6.07 Å². The summed E-state index contributed by atoms with van der Waals surface area (Å²) in [5.74, 6) is -0.245. The third-order valence-corrected chi connectivity index (χ3v) is 2.79. The van der Waals surface area contributed by atoms with Crippen molar-refractivity contribution in [3.63, 3.8) is 0 Å². The van der Waals surface area contributed by atoms with E-state index in [1.54, 1.807) is 12.1 Å². The summed E-state index contributed by atoms with van der Waals surface area (Å²) in [6.07, 6.45) is 0. The van der Waals surface area contributed by atoms with E-state index in [1.807, 2.05) is 37.9 Å². The number of hydrogen-bond donors (Lipinski definition) is 0. The van der Waals surface area contributed by atoms with Gasteiger partial charge in [-0.1, -0.05) is 6.07 Å². The summed E-state index contributed by atoms with van der Waals surface area (Å²) in [6.45, 7) is 4.20. The summed E-state index contributed by atoms with van der Waals surface area (Å²) < 4.78 is 4.78. The molecule has 0 aromatic heterocycles. The van der Waals surface area contributed by atoms with E-state index in [0.717, 1.165) is 5.69 Å². The van der Waals surface area contributed by atoms with Crippen molar-refractivity contribution in [1.82, 2.24) is 0 Å². The van der Waals surface area contributed by atoms with Crippen LogP contribution >= 0.6 is 0 Å². The first-order valence-corrected chi connectivity index (χ1v) is 5.70. The van der Waals surface area contributed by atoms with Crippen molar-refractivity contribution in [2.75, 3.05) is 25.6 Å². The van der Waals surface area contributed by atoms with Gasteiger partial charge in [0.05, 0.1) is 24.2 Å². The van der Waals surface area contributed by atoms with Crippen molar-refractivity contribution in [1.29, 1.82) is 5.26 Å². The van der Waals surface area contributed by atoms with E-state index in [-0.39, 0.29) is 5.97 Å². The summed E-state index contributed by atoms with van der Waals surface area (Å²) >= 11 is 0. The minimum Gasteiger partial charge on any atom is -0.469 e. The Hall–Kier alpha value is -2.02. The maximum atomic E-state index is 11.6. The molecule has 0 heterocycles. The van der Waals surface area contributed by atoms with Gasteiger partial charge in [-0.2, -0.15) is 5.26 Å². The van der Waals surface area contributed by atoms with Crippen LogP contribution in [0.4, 0.5) is 5.69 Å². The number of hydrogen-bond acceptors (Lipinski definition) is 4. The summed E-state index contributed by atoms with van der Waals surface area (Å²) in [4.78, 5) is 13.6. The molecule has 0 bridgehead atoms. The lowest BCUT2D eigenvalue weighted by atomic mass is 9.93. The highest BCUT2D eigenvalue weighted by Gasteiger charge is 2.30. The molecule has 0 aliphatic rings. The lowest BCUT2D eigenvalue weighted by molar-refractivity contribution is -0.150. The molecule has 18 heavy (non-hydrogen) atoms. The van der Waals surface area contributed by atoms with Crippen molar-refractivity contribution in [3.8, 4) is 6.07 Å². The average molecular weight is 246 g/mol. The molecule has 96 valence electrons. The van der Waals surface area contributed by atoms with Crippen LogP contribution in [-0.4, -0.2) is 26.7 Å². The first kappa shape index (κ1) is 14.0. The number of carbonyl (C=O) groups is 1. The molecule has 0 saturated heterocycles. The summed E-state index contributed by atoms with van der Waals surface area (Å²) in [5, 5.41) is 8.86. The Bertz CT molecular complexity index is 475. The minimum absolute atomic E-state index is 0.245. The monoisotopic (exact) mass is 246 g/mol. The standard InChI is InChI=1S/C14H18N2O2/c1-14(2,13(17)18-4)10-16(3)12-7-5-6-11(8-12)9-15/h5-8H,10H2,1-4H3. The first-order chi connectivity index (χ1) is 8.40. The summed E-state index contributed by atoms with van der Waals surface area (Å²) in [7, 11) is 3.28. The van der Waals surface area contributed by atoms with E-state index in [1.165, 1.54) is 7.11 Å². The maximum absolute atomic E-state index is 11.6. The van der Waals surface area contributed by atoms with Crippen molar-refractivity contribution < 1.29 is 9.53 Å². The molecule has 0 saturated carbocycles. The van der Waals surface area contributed by atoms with Gasteiger partial charge in [0.2, 0.25) is 0 Å². The number of carbonyl (C=O) groups excluding carboxylic acids is 1. The van der Waals surface area contributed by atoms with Crippen molar-refractivity contribution >= 4 is 11.7 Å². The molecular weight excluding hydrogens is 228 g/mol. The molecule has 0 atom stereocenters. The van der Waals surface area contributed by atoms with Crippen molar-refractivity contribution in [2.45, 2.75) is 13.8 Å². The second kappa shape index (κ2) is 5.54. The highest BCUT2D eigenvalue weighted by atomic mass is 16.5. The number of rotatable bonds is 4. The molecule has 0 spiro atoms. The number of methoxy groups -OCH3 is 1. The lowest BCUT2D eigenvalue weighted by Crippen LogP contribution is -2.38. The molecule has 4 nitrogen and oxygen atoms in total. The quantitative estimate of drug-likeness (QED) is 0.764. The van der Waals surface area contributed by atoms with Crippen LogP contribution in [0.2, 0.25) is 0 Å². The zero-order valence-electron chi connectivity index (χ0n) is 11.2. The second-order valence-corrected chi connectivity index (χ2v) is 4.89. The topological polar surface area (TPSA) is 53.3 Å². The molecule has 0 radical (unpaired) electrons. The second-order valence-electron chi connectivity index (χ2n) is 4.89. The van der Waals surface area contributed by atoms with Gasteiger partial charge in [0.1, 0.15) is 0 Å². The molecule has 0 aliphatic heterocycles. The zero-order valence-corrected chi connectivity index (χ0v) is 11.2. The van der Waals surface area contributed by atoms with Crippen LogP contribution in [-0.2, 0) is 9.53 Å². The van der Waals surface area contributed by atoms with E-state index in [9.17, 15) is 4.79 Å². The predicted octanol–water partition coefficient (Wildman–Crippen LogP) is 2.19. The molecule has 0 unspecified atom stereocenters. The minimum atomic E-state index is -0.591. The SMILES string of the molecule is COC(=O)C(C)(C)CN(C)c1cccc(C#N)c1. The third-order valence-electron chi connectivity index (χ3n) is 2.79. The van der Waals surface area contributed by atoms with Gasteiger partial charge < -0.3 is 9.64 Å². The van der Waals surface area contributed by atoms with Crippen molar-refractivity contribution in [3.05, 3.63) is 29.8 Å². The predicted molar refractivity (Wildman–Crippen MR) is 70.2 cm³/mol. The normalized spacial score (nSPS) is 10.6. The van der Waals surface area contributed by atoms with Crippen LogP contribution in [0.3, 0.4) is 0 Å². The highest BCUT2D eigenvalue weighted by molar-refractivity contribution is 5.76. The van der Waals surface area contributed by atoms with E-state index >= 15 is 0 Å². The number of nitriles is 1. The lowest BCUT2D eigenvalue weighted by Gasteiger charge is -2.29. The highest BCUT2D eigenvalue weighted by Crippen LogP contribution is 2.22. The van der Waals surface area contributed by atoms with Gasteiger partial charge in [-0.05, 0) is 32.0 Å². The molecule has 0 fully saturated rings. The van der Waals surface area contributed by atoms with Gasteiger partial charge in [-0.25, -0.2) is 0 Å². The average Bonchev–Trinajstić information content (AvgIpc) is 2.37. The molecule has 0 amide bonds. The van der Waals surface area contributed by atoms with Gasteiger partial charge in [0, 0.05) is 19.3 Å². The fourth-order valence-corrected chi connectivity index (χ4v) is 1.84. The van der Waals surface area contributed by atoms with Gasteiger partial charge in [-0.3, -0.25) is 4.79 Å². The fraction of sp³-hybridized carbons (Fsp3) is 0.429. The van der Waals surface area contributed by atoms with E-state index in [0.29, 0.717) is 12.1 Å². The summed E-state index contributed by atoms with van der Waals surface area (Å²) in [6, 6.07) is 9.39. The third kappa shape index (κ3) is 3.24. The smallest absolute Gasteiger partial charge is 0.313 e. The van der Waals surface area contributed by atoms with Gasteiger partial charge in [0.15, 0.2) is 0 Å². The fourth-order valence-electron chi connectivity index (χ4n) is 1.84. The number of benzene rings is 1. The van der Waals surface area contributed by atoms with Gasteiger partial charge in [-0.15, -0.1) is 0 Å². The molecule has 1 aromatic rings. The van der Waals surface area contributed by atoms with Crippen LogP contribution < -0.4 is 4.90 Å². The first-order valence-electron chi connectivity index (χ1n) is 5.70. The molecule has 4 heteroatoms. The zero-order chi connectivity index (χ0) is 13.8. The Morgan fingerprint density at radius 2 is 2.17 bits per heavy atom. The Kier molecular flexibility index (Phi) is 4.33.